The zero-order chi connectivity index (χ0) is 20.1. The van der Waals surface area contributed by atoms with Gasteiger partial charge in [0.25, 0.3) is 5.91 Å². The van der Waals surface area contributed by atoms with Gasteiger partial charge in [0.15, 0.2) is 5.69 Å². The van der Waals surface area contributed by atoms with E-state index < -0.39 is 0 Å². The fourth-order valence-corrected chi connectivity index (χ4v) is 4.05. The number of fused-ring (bicyclic) bond motifs is 1. The number of ether oxygens (including phenoxy) is 1. The number of amides is 2. The molecule has 2 aliphatic heterocycles. The van der Waals surface area contributed by atoms with Gasteiger partial charge in [0.1, 0.15) is 6.61 Å². The number of anilines is 1. The summed E-state index contributed by atoms with van der Waals surface area (Å²) in [4.78, 5) is 28.5. The first-order chi connectivity index (χ1) is 13.3. The molecule has 7 heteroatoms. The number of benzene rings is 1. The van der Waals surface area contributed by atoms with Crippen molar-refractivity contribution in [3.8, 4) is 0 Å². The van der Waals surface area contributed by atoms with Crippen LogP contribution in [0, 0.1) is 6.92 Å². The Balaban J connectivity index is 1.58. The van der Waals surface area contributed by atoms with E-state index in [9.17, 15) is 9.59 Å². The lowest BCUT2D eigenvalue weighted by Gasteiger charge is -2.31. The van der Waals surface area contributed by atoms with Crippen molar-refractivity contribution in [1.29, 1.82) is 0 Å². The molecule has 4 rings (SSSR count). The summed E-state index contributed by atoms with van der Waals surface area (Å²) in [6.07, 6.45) is 0.412. The quantitative estimate of drug-likeness (QED) is 0.800. The van der Waals surface area contributed by atoms with Crippen LogP contribution in [0.25, 0.3) is 0 Å². The third-order valence-electron chi connectivity index (χ3n) is 5.32. The van der Waals surface area contributed by atoms with E-state index >= 15 is 0 Å². The number of carbonyl (C=O) groups excluding carboxylic acids is 2. The second-order valence-corrected chi connectivity index (χ2v) is 8.41. The molecule has 0 saturated carbocycles. The van der Waals surface area contributed by atoms with Crippen LogP contribution in [0.3, 0.4) is 0 Å². The number of carbonyl (C=O) groups is 2. The molecule has 2 aromatic rings. The lowest BCUT2D eigenvalue weighted by atomic mass is 9.97. The summed E-state index contributed by atoms with van der Waals surface area (Å²) in [5, 5.41) is 4.56. The molecule has 0 spiro atoms. The highest BCUT2D eigenvalue weighted by Gasteiger charge is 2.30. The molecule has 1 saturated heterocycles. The van der Waals surface area contributed by atoms with Gasteiger partial charge >= 0.3 is 6.09 Å². The van der Waals surface area contributed by atoms with Gasteiger partial charge in [-0.25, -0.2) is 4.79 Å². The molecule has 0 atom stereocenters. The van der Waals surface area contributed by atoms with E-state index in [0.717, 1.165) is 22.5 Å². The second-order valence-electron chi connectivity index (χ2n) is 8.41. The third-order valence-corrected chi connectivity index (χ3v) is 5.32. The van der Waals surface area contributed by atoms with E-state index in [2.05, 4.69) is 25.9 Å². The molecule has 0 radical (unpaired) electrons. The van der Waals surface area contributed by atoms with Crippen LogP contribution < -0.4 is 4.90 Å². The molecule has 1 fully saturated rings. The summed E-state index contributed by atoms with van der Waals surface area (Å²) < 4.78 is 6.98. The van der Waals surface area contributed by atoms with E-state index in [4.69, 9.17) is 4.74 Å². The third kappa shape index (κ3) is 3.15. The summed E-state index contributed by atoms with van der Waals surface area (Å²) in [7, 11) is 0. The largest absolute Gasteiger partial charge is 0.447 e. The van der Waals surface area contributed by atoms with Gasteiger partial charge in [-0.15, -0.1) is 0 Å². The fourth-order valence-electron chi connectivity index (χ4n) is 4.05. The first-order valence-electron chi connectivity index (χ1n) is 9.67. The van der Waals surface area contributed by atoms with Gasteiger partial charge in [0, 0.05) is 18.8 Å². The maximum absolute atomic E-state index is 13.1. The summed E-state index contributed by atoms with van der Waals surface area (Å²) in [6, 6.07) is 7.78. The molecular weight excluding hydrogens is 356 g/mol. The zero-order valence-corrected chi connectivity index (χ0v) is 16.9. The Morgan fingerprint density at radius 3 is 2.64 bits per heavy atom. The summed E-state index contributed by atoms with van der Waals surface area (Å²) >= 11 is 0. The minimum absolute atomic E-state index is 0.0530. The van der Waals surface area contributed by atoms with Gasteiger partial charge in [-0.3, -0.25) is 14.4 Å². The molecule has 7 nitrogen and oxygen atoms in total. The summed E-state index contributed by atoms with van der Waals surface area (Å²) in [5.74, 6) is -0.0530. The van der Waals surface area contributed by atoms with E-state index in [1.54, 1.807) is 4.90 Å². The Morgan fingerprint density at radius 1 is 1.21 bits per heavy atom. The first kappa shape index (κ1) is 18.5. The van der Waals surface area contributed by atoms with E-state index in [1.807, 2.05) is 40.8 Å². The van der Waals surface area contributed by atoms with E-state index in [-0.39, 0.29) is 17.5 Å². The number of aromatic nitrogens is 2. The van der Waals surface area contributed by atoms with Crippen LogP contribution in [0.15, 0.2) is 24.3 Å². The Kier molecular flexibility index (Phi) is 4.40. The monoisotopic (exact) mass is 382 g/mol. The smallest absolute Gasteiger partial charge is 0.414 e. The zero-order valence-electron chi connectivity index (χ0n) is 16.9. The van der Waals surface area contributed by atoms with Crippen molar-refractivity contribution in [2.75, 3.05) is 24.6 Å². The van der Waals surface area contributed by atoms with Crippen LogP contribution in [0.4, 0.5) is 10.5 Å². The van der Waals surface area contributed by atoms with Crippen LogP contribution in [0.5, 0.6) is 0 Å². The lowest BCUT2D eigenvalue weighted by molar-refractivity contribution is 0.0727. The van der Waals surface area contributed by atoms with Crippen LogP contribution in [0.2, 0.25) is 0 Å². The van der Waals surface area contributed by atoms with Crippen molar-refractivity contribution in [3.05, 3.63) is 46.8 Å². The van der Waals surface area contributed by atoms with Crippen molar-refractivity contribution in [2.45, 2.75) is 46.2 Å². The number of nitrogens with zero attached hydrogens (tertiary/aromatic N) is 4. The molecule has 148 valence electrons. The average molecular weight is 382 g/mol. The second kappa shape index (κ2) is 6.65. The Labute approximate surface area is 164 Å². The molecule has 0 bridgehead atoms. The van der Waals surface area contributed by atoms with Crippen molar-refractivity contribution >= 4 is 17.7 Å². The first-order valence-corrected chi connectivity index (χ1v) is 9.67. The molecule has 1 aromatic carbocycles. The number of rotatable bonds is 2. The Bertz CT molecular complexity index is 942. The van der Waals surface area contributed by atoms with Gasteiger partial charge in [0.2, 0.25) is 0 Å². The van der Waals surface area contributed by atoms with Crippen molar-refractivity contribution < 1.29 is 14.3 Å². The highest BCUT2D eigenvalue weighted by molar-refractivity contribution is 5.93. The van der Waals surface area contributed by atoms with Gasteiger partial charge in [-0.1, -0.05) is 12.1 Å². The summed E-state index contributed by atoms with van der Waals surface area (Å²) in [6.45, 7) is 10.3. The molecule has 2 aliphatic rings. The molecule has 0 N–H and O–H groups in total. The lowest BCUT2D eigenvalue weighted by Crippen LogP contribution is -2.37. The van der Waals surface area contributed by atoms with Gasteiger partial charge < -0.3 is 9.64 Å². The minimum atomic E-state index is -0.296. The topological polar surface area (TPSA) is 67.7 Å². The molecule has 28 heavy (non-hydrogen) atoms. The molecule has 0 unspecified atom stereocenters. The standard InChI is InChI=1S/C21H26N4O3/c1-14-12-17(22-25(14)21(2,3)4)19(26)23-9-8-16-15(13-23)6-5-7-18(16)24-10-11-28-20(24)27/h5-7,12H,8-11,13H2,1-4H3. The highest BCUT2D eigenvalue weighted by atomic mass is 16.6. The van der Waals surface area contributed by atoms with E-state index in [1.165, 1.54) is 0 Å². The normalized spacial score (nSPS) is 16.9. The number of cyclic esters (lactones) is 1. The maximum Gasteiger partial charge on any atom is 0.414 e. The van der Waals surface area contributed by atoms with Gasteiger partial charge in [-0.05, 0) is 57.4 Å². The van der Waals surface area contributed by atoms with Crippen molar-refractivity contribution in [3.63, 3.8) is 0 Å². The molecule has 3 heterocycles. The summed E-state index contributed by atoms with van der Waals surface area (Å²) in [5.41, 5.74) is 4.39. The van der Waals surface area contributed by atoms with Gasteiger partial charge in [0.05, 0.1) is 17.8 Å². The van der Waals surface area contributed by atoms with Crippen LogP contribution >= 0.6 is 0 Å². The number of hydrogen-bond acceptors (Lipinski definition) is 4. The van der Waals surface area contributed by atoms with Crippen molar-refractivity contribution in [1.82, 2.24) is 14.7 Å². The Morgan fingerprint density at radius 2 is 2.00 bits per heavy atom. The van der Waals surface area contributed by atoms with Crippen LogP contribution in [0.1, 0.15) is 48.1 Å². The predicted octanol–water partition coefficient (Wildman–Crippen LogP) is 3.10. The minimum Gasteiger partial charge on any atom is -0.447 e. The average Bonchev–Trinajstić information content (AvgIpc) is 3.25. The Hall–Kier alpha value is -2.83. The predicted molar refractivity (Wildman–Crippen MR) is 106 cm³/mol. The molecular formula is C21H26N4O3. The maximum atomic E-state index is 13.1. The fraction of sp³-hybridized carbons (Fsp3) is 0.476. The molecule has 0 aliphatic carbocycles. The van der Waals surface area contributed by atoms with E-state index in [0.29, 0.717) is 38.4 Å². The SMILES string of the molecule is Cc1cc(C(=O)N2CCc3c(cccc3N3CCOC3=O)C2)nn1C(C)(C)C. The number of aryl methyl sites for hydroxylation is 1. The van der Waals surface area contributed by atoms with Gasteiger partial charge in [-0.2, -0.15) is 5.10 Å². The highest BCUT2D eigenvalue weighted by Crippen LogP contribution is 2.31. The molecule has 2 amide bonds. The van der Waals surface area contributed by atoms with Crippen LogP contribution in [-0.2, 0) is 23.2 Å². The van der Waals surface area contributed by atoms with Crippen LogP contribution in [-0.4, -0.2) is 46.4 Å². The van der Waals surface area contributed by atoms with Crippen molar-refractivity contribution in [2.24, 2.45) is 0 Å². The molecule has 1 aromatic heterocycles. The number of hydrogen-bond donors (Lipinski definition) is 0.